The average molecular weight is 329 g/mol. The van der Waals surface area contributed by atoms with E-state index in [2.05, 4.69) is 53.5 Å². The number of aryl methyl sites for hydroxylation is 2. The van der Waals surface area contributed by atoms with Crippen LogP contribution in [0.1, 0.15) is 43.3 Å². The Kier molecular flexibility index (Phi) is 6.49. The van der Waals surface area contributed by atoms with Crippen molar-refractivity contribution in [2.45, 2.75) is 46.3 Å². The molecule has 0 fully saturated rings. The molecule has 6 heteroatoms. The van der Waals surface area contributed by atoms with Gasteiger partial charge in [0.05, 0.1) is 12.6 Å². The topological polar surface area (TPSA) is 63.1 Å². The van der Waals surface area contributed by atoms with Gasteiger partial charge in [-0.2, -0.15) is 5.10 Å². The maximum atomic E-state index is 12.3. The van der Waals surface area contributed by atoms with E-state index in [0.717, 1.165) is 25.3 Å². The minimum absolute atomic E-state index is 0.0110. The number of benzene rings is 1. The minimum Gasteiger partial charge on any atom is -0.345 e. The highest BCUT2D eigenvalue weighted by molar-refractivity contribution is 5.78. The quantitative estimate of drug-likeness (QED) is 0.807. The van der Waals surface area contributed by atoms with E-state index in [-0.39, 0.29) is 11.9 Å². The van der Waals surface area contributed by atoms with Crippen molar-refractivity contribution in [3.8, 4) is 0 Å². The van der Waals surface area contributed by atoms with E-state index in [9.17, 15) is 4.79 Å². The first-order valence-corrected chi connectivity index (χ1v) is 8.40. The Morgan fingerprint density at radius 2 is 2.04 bits per heavy atom. The Labute approximate surface area is 143 Å². The zero-order valence-electron chi connectivity index (χ0n) is 15.0. The van der Waals surface area contributed by atoms with Crippen molar-refractivity contribution in [1.29, 1.82) is 0 Å². The largest absolute Gasteiger partial charge is 0.345 e. The van der Waals surface area contributed by atoms with Crippen LogP contribution in [0.2, 0.25) is 0 Å². The number of amides is 1. The Morgan fingerprint density at radius 1 is 1.33 bits per heavy atom. The molecule has 2 rings (SSSR count). The highest BCUT2D eigenvalue weighted by atomic mass is 16.2. The number of hydrogen-bond acceptors (Lipinski definition) is 4. The lowest BCUT2D eigenvalue weighted by Crippen LogP contribution is -2.37. The molecule has 0 aliphatic rings. The van der Waals surface area contributed by atoms with Crippen LogP contribution in [0, 0.1) is 6.92 Å². The van der Waals surface area contributed by atoms with Gasteiger partial charge in [0.25, 0.3) is 0 Å². The summed E-state index contributed by atoms with van der Waals surface area (Å²) in [5, 5.41) is 7.20. The van der Waals surface area contributed by atoms with Crippen LogP contribution in [0.15, 0.2) is 30.6 Å². The van der Waals surface area contributed by atoms with Crippen molar-refractivity contribution in [3.63, 3.8) is 0 Å². The number of carbonyl (C=O) groups excluding carboxylic acids is 1. The van der Waals surface area contributed by atoms with Gasteiger partial charge in [0.15, 0.2) is 0 Å². The van der Waals surface area contributed by atoms with E-state index >= 15 is 0 Å². The highest BCUT2D eigenvalue weighted by Gasteiger charge is 2.16. The van der Waals surface area contributed by atoms with E-state index in [1.165, 1.54) is 17.5 Å². The standard InChI is InChI=1S/C18H27N5O/c1-5-10-23-18(19-13-20-23)15(3)21-17(24)12-22(4)11-16-8-6-14(2)7-9-16/h6-9,13,15H,5,10-12H2,1-4H3,(H,21,24)/t15-/m0/s1. The molecule has 130 valence electrons. The molecule has 0 aliphatic heterocycles. The molecule has 2 aromatic rings. The molecule has 1 aromatic heterocycles. The lowest BCUT2D eigenvalue weighted by Gasteiger charge is -2.19. The Bertz CT molecular complexity index is 650. The van der Waals surface area contributed by atoms with E-state index in [1.54, 1.807) is 0 Å². The summed E-state index contributed by atoms with van der Waals surface area (Å²) in [7, 11) is 1.95. The molecule has 0 aliphatic carbocycles. The molecule has 1 amide bonds. The molecule has 1 N–H and O–H groups in total. The smallest absolute Gasteiger partial charge is 0.234 e. The maximum Gasteiger partial charge on any atom is 0.234 e. The fourth-order valence-electron chi connectivity index (χ4n) is 2.65. The summed E-state index contributed by atoms with van der Waals surface area (Å²) in [6.45, 7) is 8.00. The van der Waals surface area contributed by atoms with Gasteiger partial charge in [-0.1, -0.05) is 36.8 Å². The Balaban J connectivity index is 1.85. The normalized spacial score (nSPS) is 12.4. The number of aromatic nitrogens is 3. The van der Waals surface area contributed by atoms with Crippen LogP contribution in [0.25, 0.3) is 0 Å². The number of nitrogens with one attached hydrogen (secondary N) is 1. The highest BCUT2D eigenvalue weighted by Crippen LogP contribution is 2.09. The van der Waals surface area contributed by atoms with Crippen LogP contribution >= 0.6 is 0 Å². The van der Waals surface area contributed by atoms with Crippen molar-refractivity contribution >= 4 is 5.91 Å². The molecule has 0 radical (unpaired) electrons. The van der Waals surface area contributed by atoms with Crippen LogP contribution in [0.3, 0.4) is 0 Å². The van der Waals surface area contributed by atoms with Crippen molar-refractivity contribution in [2.24, 2.45) is 0 Å². The van der Waals surface area contributed by atoms with Crippen molar-refractivity contribution in [1.82, 2.24) is 25.0 Å². The van der Waals surface area contributed by atoms with E-state index in [4.69, 9.17) is 0 Å². The molecule has 0 bridgehead atoms. The van der Waals surface area contributed by atoms with Gasteiger partial charge in [-0.05, 0) is 32.9 Å². The van der Waals surface area contributed by atoms with Crippen LogP contribution < -0.4 is 5.32 Å². The summed E-state index contributed by atoms with van der Waals surface area (Å²) in [4.78, 5) is 18.5. The van der Waals surface area contributed by atoms with Gasteiger partial charge in [0.1, 0.15) is 12.2 Å². The Hall–Kier alpha value is -2.21. The van der Waals surface area contributed by atoms with Crippen LogP contribution in [-0.4, -0.2) is 39.2 Å². The fourth-order valence-corrected chi connectivity index (χ4v) is 2.65. The van der Waals surface area contributed by atoms with Crippen LogP contribution in [-0.2, 0) is 17.9 Å². The number of carbonyl (C=O) groups is 1. The number of likely N-dealkylation sites (N-methyl/N-ethyl adjacent to an activating group) is 1. The zero-order chi connectivity index (χ0) is 17.5. The summed E-state index contributed by atoms with van der Waals surface area (Å²) in [5.41, 5.74) is 2.44. The summed E-state index contributed by atoms with van der Waals surface area (Å²) in [6.07, 6.45) is 2.52. The van der Waals surface area contributed by atoms with Crippen LogP contribution in [0.4, 0.5) is 0 Å². The second kappa shape index (κ2) is 8.59. The molecule has 0 unspecified atom stereocenters. The van der Waals surface area contributed by atoms with Gasteiger partial charge in [0.2, 0.25) is 5.91 Å². The van der Waals surface area contributed by atoms with Crippen molar-refractivity contribution in [2.75, 3.05) is 13.6 Å². The third-order valence-electron chi connectivity index (χ3n) is 3.83. The monoisotopic (exact) mass is 329 g/mol. The van der Waals surface area contributed by atoms with E-state index in [0.29, 0.717) is 6.54 Å². The molecule has 1 aromatic carbocycles. The predicted octanol–water partition coefficient (Wildman–Crippen LogP) is 2.31. The first-order chi connectivity index (χ1) is 11.5. The maximum absolute atomic E-state index is 12.3. The molecular formula is C18H27N5O. The number of hydrogen-bond donors (Lipinski definition) is 1. The summed E-state index contributed by atoms with van der Waals surface area (Å²) >= 11 is 0. The molecular weight excluding hydrogens is 302 g/mol. The second-order valence-corrected chi connectivity index (χ2v) is 6.29. The summed E-state index contributed by atoms with van der Waals surface area (Å²) in [5.74, 6) is 0.787. The molecule has 0 saturated heterocycles. The van der Waals surface area contributed by atoms with Gasteiger partial charge >= 0.3 is 0 Å². The van der Waals surface area contributed by atoms with E-state index in [1.807, 2.05) is 23.6 Å². The first-order valence-electron chi connectivity index (χ1n) is 8.40. The zero-order valence-corrected chi connectivity index (χ0v) is 15.0. The van der Waals surface area contributed by atoms with Crippen molar-refractivity contribution in [3.05, 3.63) is 47.5 Å². The first kappa shape index (κ1) is 18.1. The van der Waals surface area contributed by atoms with Crippen LogP contribution in [0.5, 0.6) is 0 Å². The van der Waals surface area contributed by atoms with Gasteiger partial charge in [0, 0.05) is 13.1 Å². The molecule has 6 nitrogen and oxygen atoms in total. The number of rotatable bonds is 8. The molecule has 0 saturated carbocycles. The minimum atomic E-state index is -0.153. The van der Waals surface area contributed by atoms with Gasteiger partial charge in [-0.15, -0.1) is 0 Å². The Morgan fingerprint density at radius 3 is 2.71 bits per heavy atom. The molecule has 0 spiro atoms. The molecule has 1 heterocycles. The average Bonchev–Trinajstić information content (AvgIpc) is 2.98. The predicted molar refractivity (Wildman–Crippen MR) is 94.4 cm³/mol. The van der Waals surface area contributed by atoms with Crippen molar-refractivity contribution < 1.29 is 4.79 Å². The lowest BCUT2D eigenvalue weighted by atomic mass is 10.1. The number of nitrogens with zero attached hydrogens (tertiary/aromatic N) is 4. The summed E-state index contributed by atoms with van der Waals surface area (Å²) in [6, 6.07) is 8.22. The van der Waals surface area contributed by atoms with Gasteiger partial charge in [-0.3, -0.25) is 9.69 Å². The second-order valence-electron chi connectivity index (χ2n) is 6.29. The van der Waals surface area contributed by atoms with Gasteiger partial charge in [-0.25, -0.2) is 9.67 Å². The lowest BCUT2D eigenvalue weighted by molar-refractivity contribution is -0.122. The molecule has 24 heavy (non-hydrogen) atoms. The third kappa shape index (κ3) is 5.16. The molecule has 1 atom stereocenters. The third-order valence-corrected chi connectivity index (χ3v) is 3.83. The SMILES string of the molecule is CCCn1ncnc1[C@H](C)NC(=O)CN(C)Cc1ccc(C)cc1. The fraction of sp³-hybridized carbons (Fsp3) is 0.500. The van der Waals surface area contributed by atoms with E-state index < -0.39 is 0 Å². The van der Waals surface area contributed by atoms with Gasteiger partial charge < -0.3 is 5.32 Å². The summed E-state index contributed by atoms with van der Waals surface area (Å²) < 4.78 is 1.85.